The summed E-state index contributed by atoms with van der Waals surface area (Å²) in [5.41, 5.74) is 7.15. The van der Waals surface area contributed by atoms with E-state index in [0.29, 0.717) is 6.61 Å². The summed E-state index contributed by atoms with van der Waals surface area (Å²) in [5, 5.41) is 9.48. The standard InChI is InChI=1S/C27H21N3OS/c1-3-9-20(10-4-1)18-31-26-16-15-21-11-7-8-14-23(21)24(26)17-28-30-27-29-25(19-32-27)22-12-5-2-6-13-22/h1-17,19H,18H2,(H,29,30)/b28-17+. The van der Waals surface area contributed by atoms with Gasteiger partial charge in [0.05, 0.1) is 11.9 Å². The highest BCUT2D eigenvalue weighted by atomic mass is 32.1. The van der Waals surface area contributed by atoms with Crippen molar-refractivity contribution >= 4 is 33.5 Å². The largest absolute Gasteiger partial charge is 0.488 e. The summed E-state index contributed by atoms with van der Waals surface area (Å²) in [4.78, 5) is 4.63. The van der Waals surface area contributed by atoms with Crippen LogP contribution in [0.2, 0.25) is 0 Å². The Morgan fingerprint density at radius 2 is 1.59 bits per heavy atom. The zero-order valence-electron chi connectivity index (χ0n) is 17.3. The first kappa shape index (κ1) is 20.0. The van der Waals surface area contributed by atoms with Crippen LogP contribution in [-0.2, 0) is 6.61 Å². The minimum Gasteiger partial charge on any atom is -0.488 e. The number of benzene rings is 4. The zero-order valence-corrected chi connectivity index (χ0v) is 18.1. The molecule has 5 heteroatoms. The Bertz CT molecular complexity index is 1350. The molecule has 32 heavy (non-hydrogen) atoms. The van der Waals surface area contributed by atoms with Crippen molar-refractivity contribution in [3.63, 3.8) is 0 Å². The number of anilines is 1. The smallest absolute Gasteiger partial charge is 0.203 e. The summed E-state index contributed by atoms with van der Waals surface area (Å²) in [6.07, 6.45) is 1.81. The molecular formula is C27H21N3OS. The molecular weight excluding hydrogens is 414 g/mol. The minimum absolute atomic E-state index is 0.500. The van der Waals surface area contributed by atoms with Crippen molar-refractivity contribution in [3.8, 4) is 17.0 Å². The maximum atomic E-state index is 6.16. The average molecular weight is 436 g/mol. The van der Waals surface area contributed by atoms with E-state index in [9.17, 15) is 0 Å². The molecule has 5 rings (SSSR count). The van der Waals surface area contributed by atoms with Gasteiger partial charge in [-0.15, -0.1) is 11.3 Å². The summed E-state index contributed by atoms with van der Waals surface area (Å²) < 4.78 is 6.16. The molecule has 0 bridgehead atoms. The van der Waals surface area contributed by atoms with E-state index in [1.165, 1.54) is 11.3 Å². The molecule has 0 fully saturated rings. The van der Waals surface area contributed by atoms with Crippen LogP contribution in [0.1, 0.15) is 11.1 Å². The summed E-state index contributed by atoms with van der Waals surface area (Å²) in [6, 6.07) is 32.6. The number of hydrogen-bond donors (Lipinski definition) is 1. The third-order valence-electron chi connectivity index (χ3n) is 5.10. The quantitative estimate of drug-likeness (QED) is 0.221. The first-order valence-electron chi connectivity index (χ1n) is 10.4. The van der Waals surface area contributed by atoms with Crippen LogP contribution in [-0.4, -0.2) is 11.2 Å². The Kier molecular flexibility index (Phi) is 5.90. The fraction of sp³-hybridized carbons (Fsp3) is 0.0370. The molecule has 156 valence electrons. The van der Waals surface area contributed by atoms with Crippen molar-refractivity contribution < 1.29 is 4.74 Å². The van der Waals surface area contributed by atoms with Gasteiger partial charge in [-0.05, 0) is 22.4 Å². The molecule has 5 aromatic rings. The maximum Gasteiger partial charge on any atom is 0.203 e. The van der Waals surface area contributed by atoms with Gasteiger partial charge in [0, 0.05) is 16.5 Å². The van der Waals surface area contributed by atoms with Gasteiger partial charge in [-0.25, -0.2) is 4.98 Å². The number of rotatable bonds is 7. The first-order valence-corrected chi connectivity index (χ1v) is 11.2. The van der Waals surface area contributed by atoms with E-state index in [0.717, 1.165) is 44.0 Å². The van der Waals surface area contributed by atoms with E-state index in [1.807, 2.05) is 66.2 Å². The molecule has 0 aliphatic heterocycles. The van der Waals surface area contributed by atoms with E-state index in [2.05, 4.69) is 58.0 Å². The van der Waals surface area contributed by atoms with Gasteiger partial charge in [0.1, 0.15) is 12.4 Å². The third-order valence-corrected chi connectivity index (χ3v) is 5.84. The van der Waals surface area contributed by atoms with Gasteiger partial charge in [0.2, 0.25) is 5.13 Å². The van der Waals surface area contributed by atoms with Gasteiger partial charge in [-0.1, -0.05) is 91.0 Å². The van der Waals surface area contributed by atoms with Gasteiger partial charge >= 0.3 is 0 Å². The lowest BCUT2D eigenvalue weighted by Crippen LogP contribution is -2.00. The Morgan fingerprint density at radius 1 is 0.844 bits per heavy atom. The minimum atomic E-state index is 0.500. The van der Waals surface area contributed by atoms with Gasteiger partial charge < -0.3 is 4.74 Å². The Labute approximate surface area is 190 Å². The van der Waals surface area contributed by atoms with Crippen LogP contribution in [0.3, 0.4) is 0 Å². The number of hydrogen-bond acceptors (Lipinski definition) is 5. The second-order valence-electron chi connectivity index (χ2n) is 7.25. The van der Waals surface area contributed by atoms with Gasteiger partial charge in [-0.3, -0.25) is 5.43 Å². The van der Waals surface area contributed by atoms with E-state index in [4.69, 9.17) is 4.74 Å². The predicted molar refractivity (Wildman–Crippen MR) is 133 cm³/mol. The Morgan fingerprint density at radius 3 is 2.44 bits per heavy atom. The average Bonchev–Trinajstić information content (AvgIpc) is 3.33. The van der Waals surface area contributed by atoms with Gasteiger partial charge in [0.15, 0.2) is 0 Å². The molecule has 0 radical (unpaired) electrons. The van der Waals surface area contributed by atoms with Crippen LogP contribution in [0.15, 0.2) is 108 Å². The van der Waals surface area contributed by atoms with E-state index < -0.39 is 0 Å². The van der Waals surface area contributed by atoms with Crippen LogP contribution in [0, 0.1) is 0 Å². The number of hydrazone groups is 1. The summed E-state index contributed by atoms with van der Waals surface area (Å²) in [5.74, 6) is 0.794. The van der Waals surface area contributed by atoms with Crippen LogP contribution in [0.5, 0.6) is 5.75 Å². The van der Waals surface area contributed by atoms with Gasteiger partial charge in [-0.2, -0.15) is 5.10 Å². The first-order chi connectivity index (χ1) is 15.9. The Balaban J connectivity index is 1.38. The van der Waals surface area contributed by atoms with Crippen LogP contribution in [0.4, 0.5) is 5.13 Å². The predicted octanol–water partition coefficient (Wildman–Crippen LogP) is 6.99. The number of aromatic nitrogens is 1. The third kappa shape index (κ3) is 4.53. The summed E-state index contributed by atoms with van der Waals surface area (Å²) >= 11 is 1.53. The van der Waals surface area contributed by atoms with Gasteiger partial charge in [0.25, 0.3) is 0 Å². The van der Waals surface area contributed by atoms with Crippen LogP contribution < -0.4 is 10.2 Å². The topological polar surface area (TPSA) is 46.5 Å². The molecule has 0 atom stereocenters. The molecule has 4 nitrogen and oxygen atoms in total. The molecule has 0 amide bonds. The second-order valence-corrected chi connectivity index (χ2v) is 8.10. The molecule has 0 aliphatic carbocycles. The lowest BCUT2D eigenvalue weighted by molar-refractivity contribution is 0.306. The highest BCUT2D eigenvalue weighted by Crippen LogP contribution is 2.28. The number of nitrogens with one attached hydrogen (secondary N) is 1. The highest BCUT2D eigenvalue weighted by molar-refractivity contribution is 7.14. The maximum absolute atomic E-state index is 6.16. The monoisotopic (exact) mass is 435 g/mol. The summed E-state index contributed by atoms with van der Waals surface area (Å²) in [6.45, 7) is 0.500. The SMILES string of the molecule is C(=N\Nc1nc(-c2ccccc2)cs1)/c1c(OCc2ccccc2)ccc2ccccc12. The van der Waals surface area contributed by atoms with E-state index in [-0.39, 0.29) is 0 Å². The molecule has 0 saturated carbocycles. The molecule has 1 aromatic heterocycles. The fourth-order valence-corrected chi connectivity index (χ4v) is 4.16. The number of fused-ring (bicyclic) bond motifs is 1. The normalized spacial score (nSPS) is 11.1. The number of thiazole rings is 1. The molecule has 1 N–H and O–H groups in total. The van der Waals surface area contributed by atoms with Crippen molar-refractivity contribution in [1.29, 1.82) is 0 Å². The highest BCUT2D eigenvalue weighted by Gasteiger charge is 2.08. The van der Waals surface area contributed by atoms with Crippen molar-refractivity contribution in [2.24, 2.45) is 5.10 Å². The van der Waals surface area contributed by atoms with E-state index in [1.54, 1.807) is 0 Å². The fourth-order valence-electron chi connectivity index (χ4n) is 3.49. The molecule has 0 saturated heterocycles. The molecule has 0 unspecified atom stereocenters. The van der Waals surface area contributed by atoms with Crippen molar-refractivity contribution in [1.82, 2.24) is 4.98 Å². The molecule has 1 heterocycles. The van der Waals surface area contributed by atoms with E-state index >= 15 is 0 Å². The Hall–Kier alpha value is -3.96. The number of ether oxygens (including phenoxy) is 1. The van der Waals surface area contributed by atoms with Crippen molar-refractivity contribution in [3.05, 3.63) is 114 Å². The lowest BCUT2D eigenvalue weighted by atomic mass is 10.0. The second kappa shape index (κ2) is 9.45. The molecule has 4 aromatic carbocycles. The van der Waals surface area contributed by atoms with Crippen molar-refractivity contribution in [2.75, 3.05) is 5.43 Å². The zero-order chi connectivity index (χ0) is 21.6. The van der Waals surface area contributed by atoms with Crippen molar-refractivity contribution in [2.45, 2.75) is 6.61 Å². The number of nitrogens with zero attached hydrogens (tertiary/aromatic N) is 2. The summed E-state index contributed by atoms with van der Waals surface area (Å²) in [7, 11) is 0. The lowest BCUT2D eigenvalue weighted by Gasteiger charge is -2.12. The van der Waals surface area contributed by atoms with Crippen LogP contribution >= 0.6 is 11.3 Å². The van der Waals surface area contributed by atoms with Crippen LogP contribution in [0.25, 0.3) is 22.0 Å². The molecule has 0 spiro atoms. The molecule has 0 aliphatic rings.